The number of carbonyl (C=O) groups is 1. The predicted octanol–water partition coefficient (Wildman–Crippen LogP) is 5.30. The maximum Gasteiger partial charge on any atom is 0.264 e. The van der Waals surface area contributed by atoms with E-state index in [4.69, 9.17) is 30.5 Å². The number of amides is 1. The minimum Gasteiger partial charge on any atom is -0.490 e. The van der Waals surface area contributed by atoms with E-state index >= 15 is 0 Å². The highest BCUT2D eigenvalue weighted by atomic mass is 35.5. The number of benzene rings is 2. The van der Waals surface area contributed by atoms with Crippen molar-refractivity contribution in [1.29, 1.82) is 0 Å². The minimum absolute atomic E-state index is 0.114. The molecule has 1 saturated carbocycles. The summed E-state index contributed by atoms with van der Waals surface area (Å²) >= 11 is 6.44. The smallest absolute Gasteiger partial charge is 0.264 e. The number of ether oxygens (including phenoxy) is 4. The van der Waals surface area contributed by atoms with Crippen molar-refractivity contribution in [2.24, 2.45) is 17.8 Å². The van der Waals surface area contributed by atoms with Gasteiger partial charge in [-0.2, -0.15) is 0 Å². The molecular formula is C36H45ClN2O7S. The largest absolute Gasteiger partial charge is 0.490 e. The first-order chi connectivity index (χ1) is 22.8. The van der Waals surface area contributed by atoms with Gasteiger partial charge in [0.1, 0.15) is 5.75 Å². The summed E-state index contributed by atoms with van der Waals surface area (Å²) in [4.78, 5) is 16.0. The molecule has 1 N–H and O–H groups in total. The van der Waals surface area contributed by atoms with E-state index in [1.54, 1.807) is 13.2 Å². The van der Waals surface area contributed by atoms with Crippen LogP contribution < -0.4 is 14.4 Å². The second-order valence-corrected chi connectivity index (χ2v) is 16.3. The summed E-state index contributed by atoms with van der Waals surface area (Å²) in [6, 6.07) is 11.5. The van der Waals surface area contributed by atoms with Crippen molar-refractivity contribution >= 4 is 33.2 Å². The van der Waals surface area contributed by atoms with Crippen molar-refractivity contribution in [2.45, 2.75) is 61.7 Å². The fraction of sp³-hybridized carbons (Fsp3) is 0.583. The SMILES string of the molecule is COCCO[C@H]1/C=C\C[C@H]2COCC[C@@H]2S(=O)(=O)NC(=O)c2ccc3c(c2)N(C[C@@H]2CC[C@H]21)C[C@@]1(CCCc2cc(Cl)ccc21)CO3. The van der Waals surface area contributed by atoms with Gasteiger partial charge in [0.05, 0.1) is 43.5 Å². The Bertz CT molecular complexity index is 1620. The first-order valence-corrected chi connectivity index (χ1v) is 18.9. The number of allylic oxidation sites excluding steroid dienone is 1. The number of hydrogen-bond acceptors (Lipinski definition) is 8. The molecule has 0 aromatic heterocycles. The molecule has 1 amide bonds. The molecule has 6 atom stereocenters. The van der Waals surface area contributed by atoms with Crippen LogP contribution in [0.4, 0.5) is 5.69 Å². The summed E-state index contributed by atoms with van der Waals surface area (Å²) in [5, 5.41) is 0.00802. The van der Waals surface area contributed by atoms with E-state index in [0.29, 0.717) is 69.0 Å². The Balaban J connectivity index is 1.29. The lowest BCUT2D eigenvalue weighted by molar-refractivity contribution is -0.0310. The van der Waals surface area contributed by atoms with E-state index in [0.717, 1.165) is 55.9 Å². The van der Waals surface area contributed by atoms with E-state index in [-0.39, 0.29) is 17.4 Å². The summed E-state index contributed by atoms with van der Waals surface area (Å²) in [7, 11) is -2.29. The molecule has 3 heterocycles. The van der Waals surface area contributed by atoms with Crippen molar-refractivity contribution in [2.75, 3.05) is 58.1 Å². The third-order valence-corrected chi connectivity index (χ3v) is 13.2. The van der Waals surface area contributed by atoms with E-state index in [1.807, 2.05) is 18.2 Å². The monoisotopic (exact) mass is 684 g/mol. The number of hydrogen-bond donors (Lipinski definition) is 1. The van der Waals surface area contributed by atoms with E-state index in [2.05, 4.69) is 33.9 Å². The van der Waals surface area contributed by atoms with Crippen LogP contribution in [0.3, 0.4) is 0 Å². The number of carbonyl (C=O) groups excluding carboxylic acids is 1. The van der Waals surface area contributed by atoms with Gasteiger partial charge in [-0.1, -0.05) is 29.8 Å². The number of nitrogens with one attached hydrogen (secondary N) is 1. The number of fused-ring (bicyclic) bond motifs is 5. The molecule has 7 rings (SSSR count). The zero-order valence-corrected chi connectivity index (χ0v) is 28.6. The van der Waals surface area contributed by atoms with Crippen LogP contribution in [0.2, 0.25) is 5.02 Å². The van der Waals surface area contributed by atoms with Crippen LogP contribution >= 0.6 is 11.6 Å². The van der Waals surface area contributed by atoms with Crippen molar-refractivity contribution < 1.29 is 32.2 Å². The molecule has 0 unspecified atom stereocenters. The van der Waals surface area contributed by atoms with E-state index in [9.17, 15) is 13.2 Å². The molecule has 9 nitrogen and oxygen atoms in total. The minimum atomic E-state index is -3.97. The maximum absolute atomic E-state index is 13.7. The molecule has 2 bridgehead atoms. The molecule has 5 aliphatic rings. The van der Waals surface area contributed by atoms with Gasteiger partial charge in [0.15, 0.2) is 0 Å². The number of anilines is 1. The number of aryl methyl sites for hydroxylation is 1. The maximum atomic E-state index is 13.7. The van der Waals surface area contributed by atoms with Crippen LogP contribution in [-0.2, 0) is 36.1 Å². The van der Waals surface area contributed by atoms with Crippen molar-refractivity contribution in [3.05, 3.63) is 70.3 Å². The molecule has 1 spiro atoms. The molecule has 2 aliphatic carbocycles. The second-order valence-electron chi connectivity index (χ2n) is 13.9. The van der Waals surface area contributed by atoms with Crippen molar-refractivity contribution in [1.82, 2.24) is 4.72 Å². The standard InChI is InChI=1S/C36H45ClN2O7S/c1-43-16-17-45-32-6-2-4-27-21-44-15-13-34(27)47(41,42)38-35(40)25-8-12-33-31(19-25)39(20-26-7-10-29(26)32)22-36(23-46-33)14-3-5-24-18-28(37)9-11-30(24)36/h2,6,8-9,11-12,18-19,26-27,29,32,34H,3-5,7,10,13-17,20-23H2,1H3,(H,38,40)/b6-2-/t26-,27-,29+,32-,34-,36-/m0/s1. The first kappa shape index (κ1) is 32.9. The summed E-state index contributed by atoms with van der Waals surface area (Å²) in [6.45, 7) is 3.65. The Morgan fingerprint density at radius 3 is 2.83 bits per heavy atom. The quantitative estimate of drug-likeness (QED) is 0.342. The van der Waals surface area contributed by atoms with Crippen LogP contribution in [-0.4, -0.2) is 78.9 Å². The number of nitrogens with zero attached hydrogens (tertiary/aromatic N) is 1. The molecule has 254 valence electrons. The summed E-state index contributed by atoms with van der Waals surface area (Å²) < 4.78 is 53.8. The third-order valence-electron chi connectivity index (χ3n) is 11.1. The van der Waals surface area contributed by atoms with E-state index < -0.39 is 21.2 Å². The normalized spacial score (nSPS) is 32.4. The predicted molar refractivity (Wildman–Crippen MR) is 181 cm³/mol. The van der Waals surface area contributed by atoms with Crippen LogP contribution in [0.15, 0.2) is 48.6 Å². The van der Waals surface area contributed by atoms with Crippen molar-refractivity contribution in [3.8, 4) is 5.75 Å². The Morgan fingerprint density at radius 2 is 2.00 bits per heavy atom. The van der Waals surface area contributed by atoms with Gasteiger partial charge in [-0.3, -0.25) is 4.79 Å². The van der Waals surface area contributed by atoms with Gasteiger partial charge < -0.3 is 23.8 Å². The zero-order valence-electron chi connectivity index (χ0n) is 27.0. The van der Waals surface area contributed by atoms with Crippen LogP contribution in [0, 0.1) is 17.8 Å². The molecule has 1 saturated heterocycles. The van der Waals surface area contributed by atoms with Gasteiger partial charge >= 0.3 is 0 Å². The molecule has 2 aromatic rings. The molecule has 3 aliphatic heterocycles. The molecule has 2 aromatic carbocycles. The second kappa shape index (κ2) is 13.7. The third kappa shape index (κ3) is 6.69. The zero-order chi connectivity index (χ0) is 32.6. The lowest BCUT2D eigenvalue weighted by Gasteiger charge is -2.46. The average Bonchev–Trinajstić information content (AvgIpc) is 3.19. The highest BCUT2D eigenvalue weighted by Gasteiger charge is 2.45. The fourth-order valence-corrected chi connectivity index (χ4v) is 10.3. The number of sulfonamides is 1. The Labute approximate surface area is 283 Å². The van der Waals surface area contributed by atoms with Gasteiger partial charge in [-0.25, -0.2) is 13.1 Å². The lowest BCUT2D eigenvalue weighted by atomic mass is 9.68. The van der Waals surface area contributed by atoms with Gasteiger partial charge in [0, 0.05) is 48.7 Å². The summed E-state index contributed by atoms with van der Waals surface area (Å²) in [5.74, 6) is 0.475. The highest BCUT2D eigenvalue weighted by molar-refractivity contribution is 7.90. The van der Waals surface area contributed by atoms with Crippen molar-refractivity contribution in [3.63, 3.8) is 0 Å². The average molecular weight is 685 g/mol. The Hall–Kier alpha value is -2.63. The van der Waals surface area contributed by atoms with Crippen LogP contribution in [0.1, 0.15) is 60.0 Å². The Morgan fingerprint density at radius 1 is 1.11 bits per heavy atom. The van der Waals surface area contributed by atoms with Gasteiger partial charge in [0.25, 0.3) is 5.91 Å². The molecule has 11 heteroatoms. The van der Waals surface area contributed by atoms with Gasteiger partial charge in [-0.15, -0.1) is 0 Å². The molecule has 0 radical (unpaired) electrons. The van der Waals surface area contributed by atoms with Crippen LogP contribution in [0.25, 0.3) is 0 Å². The molecular weight excluding hydrogens is 640 g/mol. The topological polar surface area (TPSA) is 103 Å². The number of methoxy groups -OCH3 is 1. The van der Waals surface area contributed by atoms with Gasteiger partial charge in [0.2, 0.25) is 10.0 Å². The van der Waals surface area contributed by atoms with Gasteiger partial charge in [-0.05, 0) is 98.2 Å². The lowest BCUT2D eigenvalue weighted by Crippen LogP contribution is -2.50. The summed E-state index contributed by atoms with van der Waals surface area (Å²) in [5.41, 5.74) is 3.41. The molecule has 47 heavy (non-hydrogen) atoms. The fourth-order valence-electron chi connectivity index (χ4n) is 8.44. The van der Waals surface area contributed by atoms with Crippen LogP contribution in [0.5, 0.6) is 5.75 Å². The highest BCUT2D eigenvalue weighted by Crippen LogP contribution is 2.47. The summed E-state index contributed by atoms with van der Waals surface area (Å²) in [6.07, 6.45) is 10.0. The molecule has 2 fully saturated rings. The first-order valence-electron chi connectivity index (χ1n) is 17.0. The number of halogens is 1. The Kier molecular flexibility index (Phi) is 9.59. The number of rotatable bonds is 4. The van der Waals surface area contributed by atoms with E-state index in [1.165, 1.54) is 11.1 Å².